The average molecular weight is 577 g/mol. The number of anilines is 1. The van der Waals surface area contributed by atoms with Crippen molar-refractivity contribution in [3.63, 3.8) is 0 Å². The molecule has 0 saturated heterocycles. The van der Waals surface area contributed by atoms with Crippen LogP contribution in [0.1, 0.15) is 71.7 Å². The van der Waals surface area contributed by atoms with Crippen LogP contribution in [0.3, 0.4) is 0 Å². The number of aromatic nitrogens is 4. The van der Waals surface area contributed by atoms with Gasteiger partial charge in [0.05, 0.1) is 12.3 Å². The summed E-state index contributed by atoms with van der Waals surface area (Å²) in [5.74, 6) is -3.96. The summed E-state index contributed by atoms with van der Waals surface area (Å²) in [6, 6.07) is 7.92. The zero-order valence-corrected chi connectivity index (χ0v) is 23.5. The van der Waals surface area contributed by atoms with E-state index in [4.69, 9.17) is 9.37 Å². The lowest BCUT2D eigenvalue weighted by Gasteiger charge is -2.38. The fourth-order valence-electron chi connectivity index (χ4n) is 5.91. The Kier molecular flexibility index (Phi) is 6.78. The molecule has 1 aliphatic carbocycles. The molecule has 3 N–H and O–H groups in total. The SMILES string of the molecule is Cc1n[nH]c(C)c1-c1ccc(NC(=O)[C@@H](NC(=O)c2nonc2C(C)C)C2c3cc(F)cc(F)c3OCC23CC3)cc1. The second kappa shape index (κ2) is 10.3. The summed E-state index contributed by atoms with van der Waals surface area (Å²) >= 11 is 0. The number of benzene rings is 2. The van der Waals surface area contributed by atoms with Crippen molar-refractivity contribution in [2.24, 2.45) is 5.41 Å². The van der Waals surface area contributed by atoms with E-state index in [0.717, 1.165) is 28.6 Å². The molecule has 1 aliphatic heterocycles. The Morgan fingerprint density at radius 1 is 1.10 bits per heavy atom. The number of amides is 2. The van der Waals surface area contributed by atoms with Crippen molar-refractivity contribution in [1.82, 2.24) is 25.8 Å². The van der Waals surface area contributed by atoms with Gasteiger partial charge in [-0.2, -0.15) is 5.10 Å². The van der Waals surface area contributed by atoms with Crippen molar-refractivity contribution in [3.05, 3.63) is 76.4 Å². The molecule has 2 aromatic carbocycles. The quantitative estimate of drug-likeness (QED) is 0.276. The lowest BCUT2D eigenvalue weighted by molar-refractivity contribution is -0.119. The highest BCUT2D eigenvalue weighted by molar-refractivity contribution is 6.01. The van der Waals surface area contributed by atoms with Gasteiger partial charge in [0.1, 0.15) is 17.6 Å². The molecular formula is C30H30F2N6O4. The maximum atomic E-state index is 14.8. The van der Waals surface area contributed by atoms with Crippen LogP contribution in [0.4, 0.5) is 14.5 Å². The highest BCUT2D eigenvalue weighted by atomic mass is 19.1. The number of rotatable bonds is 7. The molecule has 1 spiro atoms. The molecule has 1 saturated carbocycles. The fourth-order valence-corrected chi connectivity index (χ4v) is 5.91. The minimum absolute atomic E-state index is 0.0550. The molecule has 2 amide bonds. The highest BCUT2D eigenvalue weighted by Gasteiger charge is 2.58. The smallest absolute Gasteiger partial charge is 0.276 e. The minimum Gasteiger partial charge on any atom is -0.490 e. The van der Waals surface area contributed by atoms with Crippen molar-refractivity contribution in [2.75, 3.05) is 11.9 Å². The number of halogens is 2. The number of nitrogens with one attached hydrogen (secondary N) is 3. The standard InChI is InChI=1S/C30H30F2N6O4/c1-14(2)24-26(38-42-37-24)29(40)34-25(23-20-11-18(31)12-21(32)27(20)41-13-30(23)9-10-30)28(39)33-19-7-5-17(6-8-19)22-15(3)35-36-16(22)4/h5-8,11-12,14,23,25H,9-10,13H2,1-4H3,(H,33,39)(H,34,40)(H,35,36)/t23?,25-/m0/s1. The molecule has 2 atom stereocenters. The summed E-state index contributed by atoms with van der Waals surface area (Å²) in [4.78, 5) is 27.5. The third-order valence-corrected chi connectivity index (χ3v) is 8.18. The zero-order chi connectivity index (χ0) is 29.8. The van der Waals surface area contributed by atoms with Crippen LogP contribution in [0.5, 0.6) is 5.75 Å². The number of carbonyl (C=O) groups excluding carboxylic acids is 2. The van der Waals surface area contributed by atoms with Gasteiger partial charge in [0.2, 0.25) is 5.91 Å². The molecule has 1 unspecified atom stereocenters. The summed E-state index contributed by atoms with van der Waals surface area (Å²) in [5, 5.41) is 20.5. The van der Waals surface area contributed by atoms with Gasteiger partial charge in [-0.15, -0.1) is 0 Å². The van der Waals surface area contributed by atoms with E-state index in [9.17, 15) is 18.4 Å². The molecule has 3 heterocycles. The van der Waals surface area contributed by atoms with E-state index in [0.29, 0.717) is 24.2 Å². The molecule has 0 bridgehead atoms. The van der Waals surface area contributed by atoms with Gasteiger partial charge in [-0.25, -0.2) is 13.4 Å². The molecule has 6 rings (SSSR count). The first-order valence-corrected chi connectivity index (χ1v) is 13.8. The van der Waals surface area contributed by atoms with Crippen LogP contribution >= 0.6 is 0 Å². The highest BCUT2D eigenvalue weighted by Crippen LogP contribution is 2.61. The van der Waals surface area contributed by atoms with Crippen LogP contribution in [0.15, 0.2) is 41.0 Å². The number of aromatic amines is 1. The number of carbonyl (C=O) groups is 2. The van der Waals surface area contributed by atoms with Gasteiger partial charge in [0.25, 0.3) is 5.91 Å². The van der Waals surface area contributed by atoms with Gasteiger partial charge in [0.15, 0.2) is 17.3 Å². The number of ether oxygens (including phenoxy) is 1. The van der Waals surface area contributed by atoms with Crippen molar-refractivity contribution in [1.29, 1.82) is 0 Å². The Morgan fingerprint density at radius 3 is 2.48 bits per heavy atom. The van der Waals surface area contributed by atoms with Gasteiger partial charge < -0.3 is 15.4 Å². The third-order valence-electron chi connectivity index (χ3n) is 8.18. The van der Waals surface area contributed by atoms with Crippen molar-refractivity contribution in [3.8, 4) is 16.9 Å². The number of aryl methyl sites for hydroxylation is 2. The fraction of sp³-hybridized carbons (Fsp3) is 0.367. The van der Waals surface area contributed by atoms with E-state index in [-0.39, 0.29) is 29.5 Å². The number of nitrogens with zero attached hydrogens (tertiary/aromatic N) is 3. The molecule has 1 fully saturated rings. The Bertz CT molecular complexity index is 1660. The zero-order valence-electron chi connectivity index (χ0n) is 23.5. The van der Waals surface area contributed by atoms with Crippen LogP contribution in [0.2, 0.25) is 0 Å². The first-order valence-electron chi connectivity index (χ1n) is 13.8. The minimum atomic E-state index is -1.22. The van der Waals surface area contributed by atoms with Crippen LogP contribution in [-0.2, 0) is 4.79 Å². The number of hydrogen-bond acceptors (Lipinski definition) is 7. The number of H-pyrrole nitrogens is 1. The summed E-state index contributed by atoms with van der Waals surface area (Å²) in [6.45, 7) is 7.63. The Labute approximate surface area is 240 Å². The largest absolute Gasteiger partial charge is 0.490 e. The molecule has 218 valence electrons. The molecule has 2 aliphatic rings. The van der Waals surface area contributed by atoms with Crippen LogP contribution in [-0.4, -0.2) is 45.0 Å². The molecule has 10 nitrogen and oxygen atoms in total. The van der Waals surface area contributed by atoms with E-state index in [1.807, 2.05) is 39.8 Å². The monoisotopic (exact) mass is 576 g/mol. The van der Waals surface area contributed by atoms with E-state index in [1.54, 1.807) is 12.1 Å². The van der Waals surface area contributed by atoms with Crippen LogP contribution in [0, 0.1) is 30.9 Å². The lowest BCUT2D eigenvalue weighted by Crippen LogP contribution is -2.52. The van der Waals surface area contributed by atoms with Gasteiger partial charge in [0, 0.05) is 45.8 Å². The Hall–Kier alpha value is -4.61. The Balaban J connectivity index is 1.36. The first-order chi connectivity index (χ1) is 20.1. The maximum absolute atomic E-state index is 14.8. The molecule has 12 heteroatoms. The second-order valence-corrected chi connectivity index (χ2v) is 11.4. The average Bonchev–Trinajstić information content (AvgIpc) is 3.36. The molecule has 0 radical (unpaired) electrons. The van der Waals surface area contributed by atoms with Gasteiger partial charge >= 0.3 is 0 Å². The molecule has 4 aromatic rings. The van der Waals surface area contributed by atoms with Crippen molar-refractivity contribution < 1.29 is 27.7 Å². The van der Waals surface area contributed by atoms with E-state index in [2.05, 4.69) is 31.1 Å². The number of fused-ring (bicyclic) bond motifs is 1. The first kappa shape index (κ1) is 27.6. The van der Waals surface area contributed by atoms with Crippen molar-refractivity contribution >= 4 is 17.5 Å². The summed E-state index contributed by atoms with van der Waals surface area (Å²) in [7, 11) is 0. The summed E-state index contributed by atoms with van der Waals surface area (Å²) < 4.78 is 39.9. The van der Waals surface area contributed by atoms with Crippen LogP contribution in [0.25, 0.3) is 11.1 Å². The topological polar surface area (TPSA) is 135 Å². The maximum Gasteiger partial charge on any atom is 0.276 e. The van der Waals surface area contributed by atoms with Gasteiger partial charge in [-0.05, 0) is 55.6 Å². The van der Waals surface area contributed by atoms with E-state index in [1.165, 1.54) is 6.07 Å². The predicted molar refractivity (Wildman–Crippen MR) is 148 cm³/mol. The van der Waals surface area contributed by atoms with Gasteiger partial charge in [-0.1, -0.05) is 31.1 Å². The van der Waals surface area contributed by atoms with E-state index >= 15 is 0 Å². The second-order valence-electron chi connectivity index (χ2n) is 11.4. The van der Waals surface area contributed by atoms with Crippen molar-refractivity contribution in [2.45, 2.75) is 58.4 Å². The summed E-state index contributed by atoms with van der Waals surface area (Å²) in [6.07, 6.45) is 1.32. The molecule has 42 heavy (non-hydrogen) atoms. The molecule has 2 aromatic heterocycles. The normalized spacial score (nSPS) is 17.5. The van der Waals surface area contributed by atoms with Gasteiger partial charge in [-0.3, -0.25) is 14.7 Å². The predicted octanol–water partition coefficient (Wildman–Crippen LogP) is 5.17. The van der Waals surface area contributed by atoms with E-state index < -0.39 is 40.8 Å². The lowest BCUT2D eigenvalue weighted by atomic mass is 9.75. The summed E-state index contributed by atoms with van der Waals surface area (Å²) in [5.41, 5.74) is 4.03. The third kappa shape index (κ3) is 4.80. The van der Waals surface area contributed by atoms with Crippen LogP contribution < -0.4 is 15.4 Å². The number of hydrogen-bond donors (Lipinski definition) is 3. The Morgan fingerprint density at radius 2 is 1.83 bits per heavy atom. The molecular weight excluding hydrogens is 546 g/mol.